The third-order valence-corrected chi connectivity index (χ3v) is 6.06. The number of hydrazone groups is 1. The molecule has 35 heavy (non-hydrogen) atoms. The molecular formula is C23H26N4O7S. The van der Waals surface area contributed by atoms with Crippen molar-refractivity contribution in [1.29, 1.82) is 0 Å². The van der Waals surface area contributed by atoms with E-state index in [4.69, 9.17) is 19.9 Å². The first-order valence-electron chi connectivity index (χ1n) is 11.0. The number of nitrogens with one attached hydrogen (secondary N) is 2. The van der Waals surface area contributed by atoms with Gasteiger partial charge in [0.05, 0.1) is 25.0 Å². The monoisotopic (exact) mass is 502 g/mol. The molecule has 0 radical (unpaired) electrons. The maximum atomic E-state index is 12.4. The van der Waals surface area contributed by atoms with E-state index in [0.29, 0.717) is 34.2 Å². The third-order valence-electron chi connectivity index (χ3n) is 4.85. The number of benzene rings is 1. The number of ether oxygens (including phenoxy) is 3. The average molecular weight is 503 g/mol. The van der Waals surface area contributed by atoms with E-state index in [9.17, 15) is 19.2 Å². The van der Waals surface area contributed by atoms with E-state index < -0.39 is 23.7 Å². The van der Waals surface area contributed by atoms with Crippen molar-refractivity contribution in [3.05, 3.63) is 39.8 Å². The number of amides is 3. The van der Waals surface area contributed by atoms with Crippen LogP contribution in [0, 0.1) is 0 Å². The first kappa shape index (κ1) is 25.7. The maximum absolute atomic E-state index is 12.4. The Bertz CT molecular complexity index is 1160. The molecule has 0 bridgehead atoms. The van der Waals surface area contributed by atoms with Crippen molar-refractivity contribution in [2.24, 2.45) is 10.8 Å². The Morgan fingerprint density at radius 1 is 1.09 bits per heavy atom. The fraction of sp³-hybridized carbons (Fsp3) is 0.348. The lowest BCUT2D eigenvalue weighted by Gasteiger charge is -2.11. The Morgan fingerprint density at radius 2 is 1.89 bits per heavy atom. The fourth-order valence-corrected chi connectivity index (χ4v) is 4.70. The average Bonchev–Trinajstić information content (AvgIpc) is 3.39. The van der Waals surface area contributed by atoms with Gasteiger partial charge in [-0.3, -0.25) is 14.4 Å². The molecule has 1 aliphatic rings. The van der Waals surface area contributed by atoms with Crippen molar-refractivity contribution >= 4 is 46.2 Å². The zero-order valence-corrected chi connectivity index (χ0v) is 20.2. The molecule has 11 nitrogen and oxygen atoms in total. The van der Waals surface area contributed by atoms with Crippen LogP contribution in [0.4, 0.5) is 5.00 Å². The highest BCUT2D eigenvalue weighted by molar-refractivity contribution is 7.17. The molecule has 0 atom stereocenters. The molecule has 0 aliphatic heterocycles. The summed E-state index contributed by atoms with van der Waals surface area (Å²) in [6, 6.07) is 4.78. The van der Waals surface area contributed by atoms with Gasteiger partial charge < -0.3 is 25.3 Å². The Balaban J connectivity index is 1.64. The first-order valence-corrected chi connectivity index (χ1v) is 11.8. The van der Waals surface area contributed by atoms with Crippen LogP contribution in [0.3, 0.4) is 0 Å². The number of carbonyl (C=O) groups is 4. The highest BCUT2D eigenvalue weighted by atomic mass is 32.1. The van der Waals surface area contributed by atoms with Gasteiger partial charge in [-0.05, 0) is 62.4 Å². The molecule has 186 valence electrons. The molecule has 4 N–H and O–H groups in total. The van der Waals surface area contributed by atoms with Crippen molar-refractivity contribution in [3.8, 4) is 11.5 Å². The van der Waals surface area contributed by atoms with Crippen molar-refractivity contribution < 1.29 is 33.4 Å². The highest BCUT2D eigenvalue weighted by Crippen LogP contribution is 2.39. The summed E-state index contributed by atoms with van der Waals surface area (Å²) in [7, 11) is 0. The number of primary amides is 1. The van der Waals surface area contributed by atoms with Crippen LogP contribution in [0.2, 0.25) is 0 Å². The molecule has 1 aromatic carbocycles. The number of rotatable bonds is 10. The van der Waals surface area contributed by atoms with Gasteiger partial charge in [0.2, 0.25) is 0 Å². The van der Waals surface area contributed by atoms with Crippen molar-refractivity contribution in [2.75, 3.05) is 25.1 Å². The van der Waals surface area contributed by atoms with Gasteiger partial charge in [-0.25, -0.2) is 10.2 Å². The van der Waals surface area contributed by atoms with Gasteiger partial charge in [-0.1, -0.05) is 0 Å². The van der Waals surface area contributed by atoms with Gasteiger partial charge in [0.25, 0.3) is 5.91 Å². The number of nitrogens with two attached hydrogens (primary N) is 1. The zero-order chi connectivity index (χ0) is 25.4. The molecule has 3 rings (SSSR count). The first-order chi connectivity index (χ1) is 16.8. The largest absolute Gasteiger partial charge is 0.490 e. The van der Waals surface area contributed by atoms with Crippen LogP contribution in [-0.2, 0) is 32.0 Å². The normalized spacial score (nSPS) is 12.2. The minimum Gasteiger partial charge on any atom is -0.490 e. The molecule has 0 fully saturated rings. The quantitative estimate of drug-likeness (QED) is 0.193. The summed E-state index contributed by atoms with van der Waals surface area (Å²) >= 11 is 1.28. The SMILES string of the molecule is CCOC(=O)c1c(NC(=O)C(=O)N/N=C/c2ccc(OCC(N)=O)c(OCC)c2)sc2c1CCC2. The maximum Gasteiger partial charge on any atom is 0.341 e. The molecule has 0 spiro atoms. The smallest absolute Gasteiger partial charge is 0.341 e. The van der Waals surface area contributed by atoms with Crippen LogP contribution < -0.4 is 25.9 Å². The van der Waals surface area contributed by atoms with Crippen LogP contribution in [0.15, 0.2) is 23.3 Å². The van der Waals surface area contributed by atoms with E-state index in [-0.39, 0.29) is 13.2 Å². The van der Waals surface area contributed by atoms with Crippen LogP contribution in [0.5, 0.6) is 11.5 Å². The molecule has 3 amide bonds. The summed E-state index contributed by atoms with van der Waals surface area (Å²) in [5.41, 5.74) is 8.98. The predicted octanol–water partition coefficient (Wildman–Crippen LogP) is 1.77. The number of nitrogens with zero attached hydrogens (tertiary/aromatic N) is 1. The number of thiophene rings is 1. The summed E-state index contributed by atoms with van der Waals surface area (Å²) in [4.78, 5) is 49.0. The van der Waals surface area contributed by atoms with Crippen LogP contribution >= 0.6 is 11.3 Å². The third kappa shape index (κ3) is 6.57. The van der Waals surface area contributed by atoms with Crippen molar-refractivity contribution in [3.63, 3.8) is 0 Å². The molecule has 1 aromatic heterocycles. The molecule has 12 heteroatoms. The van der Waals surface area contributed by atoms with E-state index in [1.165, 1.54) is 17.6 Å². The van der Waals surface area contributed by atoms with Gasteiger partial charge in [-0.15, -0.1) is 11.3 Å². The Labute approximate surface area is 205 Å². The van der Waals surface area contributed by atoms with Gasteiger partial charge in [0, 0.05) is 4.88 Å². The summed E-state index contributed by atoms with van der Waals surface area (Å²) in [6.45, 7) is 3.74. The van der Waals surface area contributed by atoms with E-state index in [2.05, 4.69) is 15.8 Å². The lowest BCUT2D eigenvalue weighted by Crippen LogP contribution is -2.32. The topological polar surface area (TPSA) is 158 Å². The number of fused-ring (bicyclic) bond motifs is 1. The van der Waals surface area contributed by atoms with Crippen LogP contribution in [0.1, 0.15) is 46.6 Å². The minimum absolute atomic E-state index is 0.204. The molecule has 1 heterocycles. The second-order valence-electron chi connectivity index (χ2n) is 7.33. The molecule has 1 aliphatic carbocycles. The number of hydrogen-bond acceptors (Lipinski definition) is 9. The summed E-state index contributed by atoms with van der Waals surface area (Å²) in [6.07, 6.45) is 3.78. The second kappa shape index (κ2) is 12.0. The fourth-order valence-electron chi connectivity index (χ4n) is 3.43. The summed E-state index contributed by atoms with van der Waals surface area (Å²) < 4.78 is 15.9. The lowest BCUT2D eigenvalue weighted by atomic mass is 10.1. The summed E-state index contributed by atoms with van der Waals surface area (Å²) in [5, 5.41) is 6.60. The molecule has 0 saturated carbocycles. The van der Waals surface area contributed by atoms with E-state index in [0.717, 1.165) is 29.7 Å². The van der Waals surface area contributed by atoms with E-state index in [1.807, 2.05) is 0 Å². The Hall–Kier alpha value is -3.93. The van der Waals surface area contributed by atoms with Gasteiger partial charge in [-0.2, -0.15) is 5.10 Å². The zero-order valence-electron chi connectivity index (χ0n) is 19.3. The Morgan fingerprint density at radius 3 is 2.60 bits per heavy atom. The molecule has 0 unspecified atom stereocenters. The number of aryl methyl sites for hydroxylation is 1. The second-order valence-corrected chi connectivity index (χ2v) is 8.43. The van der Waals surface area contributed by atoms with Gasteiger partial charge in [0.15, 0.2) is 18.1 Å². The van der Waals surface area contributed by atoms with Gasteiger partial charge in [0.1, 0.15) is 5.00 Å². The van der Waals surface area contributed by atoms with E-state index in [1.54, 1.807) is 32.0 Å². The number of esters is 1. The standard InChI is InChI=1S/C23H26N4O7S/c1-3-32-16-10-13(8-9-15(16)34-12-18(24)28)11-25-27-21(30)20(29)26-22-19(23(31)33-4-2)14-6-5-7-17(14)35-22/h8-11H,3-7,12H2,1-2H3,(H2,24,28)(H,26,29)(H,27,30)/b25-11+. The molecular weight excluding hydrogens is 476 g/mol. The number of anilines is 1. The van der Waals surface area contributed by atoms with Crippen LogP contribution in [-0.4, -0.2) is 49.7 Å². The predicted molar refractivity (Wildman–Crippen MR) is 129 cm³/mol. The van der Waals surface area contributed by atoms with Crippen LogP contribution in [0.25, 0.3) is 0 Å². The van der Waals surface area contributed by atoms with Crippen molar-refractivity contribution in [1.82, 2.24) is 5.43 Å². The number of carbonyl (C=O) groups excluding carboxylic acids is 4. The van der Waals surface area contributed by atoms with E-state index >= 15 is 0 Å². The lowest BCUT2D eigenvalue weighted by molar-refractivity contribution is -0.136. The Kier molecular flexibility index (Phi) is 8.79. The number of hydrogen-bond donors (Lipinski definition) is 3. The summed E-state index contributed by atoms with van der Waals surface area (Å²) in [5.74, 6) is -2.42. The molecule has 0 saturated heterocycles. The minimum atomic E-state index is -1.00. The van der Waals surface area contributed by atoms with Crippen molar-refractivity contribution in [2.45, 2.75) is 33.1 Å². The van der Waals surface area contributed by atoms with Gasteiger partial charge >= 0.3 is 17.8 Å². The molecule has 2 aromatic rings. The highest BCUT2D eigenvalue weighted by Gasteiger charge is 2.29.